The van der Waals surface area contributed by atoms with E-state index in [0.717, 1.165) is 57.3 Å². The van der Waals surface area contributed by atoms with Crippen LogP contribution in [0.3, 0.4) is 0 Å². The Labute approximate surface area is 219 Å². The van der Waals surface area contributed by atoms with E-state index < -0.39 is 5.54 Å². The minimum atomic E-state index is -1.08. The van der Waals surface area contributed by atoms with E-state index in [1.54, 1.807) is 24.7 Å². The van der Waals surface area contributed by atoms with Crippen molar-refractivity contribution in [2.45, 2.75) is 31.0 Å². The van der Waals surface area contributed by atoms with Gasteiger partial charge in [-0.3, -0.25) is 4.79 Å². The summed E-state index contributed by atoms with van der Waals surface area (Å²) in [5, 5.41) is 10.8. The van der Waals surface area contributed by atoms with Gasteiger partial charge in [0.2, 0.25) is 0 Å². The molecule has 0 spiro atoms. The van der Waals surface area contributed by atoms with Crippen molar-refractivity contribution < 1.29 is 4.74 Å². The normalized spacial score (nSPS) is 18.2. The fraction of sp³-hybridized carbons (Fsp3) is 0.194. The number of imidazole rings is 1. The topological polar surface area (TPSA) is 98.9 Å². The summed E-state index contributed by atoms with van der Waals surface area (Å²) in [6.07, 6.45) is 5.53. The first-order chi connectivity index (χ1) is 18.5. The quantitative estimate of drug-likeness (QED) is 0.378. The summed E-state index contributed by atoms with van der Waals surface area (Å²) in [4.78, 5) is 17.7. The third kappa shape index (κ3) is 3.31. The molecule has 1 fully saturated rings. The van der Waals surface area contributed by atoms with Gasteiger partial charge in [0.1, 0.15) is 17.9 Å². The van der Waals surface area contributed by atoms with Crippen LogP contribution in [-0.2, 0) is 19.2 Å². The predicted octanol–water partition coefficient (Wildman–Crippen LogP) is 4.75. The molecule has 3 heterocycles. The monoisotopic (exact) mass is 499 g/mol. The van der Waals surface area contributed by atoms with Gasteiger partial charge in [-0.1, -0.05) is 24.3 Å². The van der Waals surface area contributed by atoms with E-state index in [9.17, 15) is 10.1 Å². The molecule has 5 aromatic rings. The average molecular weight is 500 g/mol. The van der Waals surface area contributed by atoms with Crippen LogP contribution in [0.2, 0.25) is 0 Å². The average Bonchev–Trinajstić information content (AvgIpc) is 3.68. The van der Waals surface area contributed by atoms with Gasteiger partial charge >= 0.3 is 0 Å². The lowest BCUT2D eigenvalue weighted by molar-refractivity contribution is 0.306. The molecule has 1 aliphatic carbocycles. The Morgan fingerprint density at radius 2 is 1.89 bits per heavy atom. The second-order valence-electron chi connectivity index (χ2n) is 10.2. The number of nitriles is 1. The molecule has 1 aliphatic heterocycles. The van der Waals surface area contributed by atoms with Gasteiger partial charge in [0.25, 0.3) is 5.56 Å². The van der Waals surface area contributed by atoms with Crippen molar-refractivity contribution in [2.24, 2.45) is 12.8 Å². The van der Waals surface area contributed by atoms with E-state index in [-0.39, 0.29) is 18.2 Å². The number of fused-ring (bicyclic) bond motifs is 6. The summed E-state index contributed by atoms with van der Waals surface area (Å²) in [6, 6.07) is 23.8. The molecule has 7 heteroatoms. The highest BCUT2D eigenvalue weighted by Gasteiger charge is 2.36. The van der Waals surface area contributed by atoms with E-state index >= 15 is 0 Å². The summed E-state index contributed by atoms with van der Waals surface area (Å²) in [5.41, 5.74) is 12.7. The van der Waals surface area contributed by atoms with Crippen molar-refractivity contribution in [3.63, 3.8) is 0 Å². The minimum Gasteiger partial charge on any atom is -0.489 e. The number of nitrogens with two attached hydrogens (primary N) is 1. The Balaban J connectivity index is 1.61. The molecule has 0 unspecified atom stereocenters. The highest BCUT2D eigenvalue weighted by molar-refractivity contribution is 5.95. The molecule has 2 N–H and O–H groups in total. The summed E-state index contributed by atoms with van der Waals surface area (Å²) in [6.45, 7) is 0.206. The Hall–Kier alpha value is -4.67. The van der Waals surface area contributed by atoms with Crippen molar-refractivity contribution in [1.82, 2.24) is 14.1 Å². The molecular weight excluding hydrogens is 474 g/mol. The lowest BCUT2D eigenvalue weighted by Gasteiger charge is -2.32. The molecular formula is C31H25N5O2. The number of benzene rings is 3. The highest BCUT2D eigenvalue weighted by Crippen LogP contribution is 2.41. The predicted molar refractivity (Wildman–Crippen MR) is 145 cm³/mol. The molecule has 6 bridgehead atoms. The number of aromatic nitrogens is 3. The first-order valence-electron chi connectivity index (χ1n) is 12.7. The summed E-state index contributed by atoms with van der Waals surface area (Å²) in [5.74, 6) is 0.664. The van der Waals surface area contributed by atoms with E-state index in [4.69, 9.17) is 10.5 Å². The smallest absolute Gasteiger partial charge is 0.251 e. The van der Waals surface area contributed by atoms with Gasteiger partial charge < -0.3 is 19.6 Å². The van der Waals surface area contributed by atoms with E-state index in [1.807, 2.05) is 64.7 Å². The zero-order valence-electron chi connectivity index (χ0n) is 20.9. The maximum Gasteiger partial charge on any atom is 0.251 e. The standard InChI is InChI=1S/C31H25N5O2/c1-35-18-34-16-29(35)31(33)22-6-5-20(15-32)21(11-22)17-38-25-4-2-3-19(12-25)26-14-30(37)36(24-8-9-24)28-10-7-23(31)13-27(26)28/h2-7,10-14,16,18,24H,8-9,17,33H2,1H3/t31-/m0/s1. The van der Waals surface area contributed by atoms with Gasteiger partial charge in [-0.05, 0) is 71.5 Å². The molecule has 186 valence electrons. The van der Waals surface area contributed by atoms with Crippen LogP contribution >= 0.6 is 0 Å². The maximum atomic E-state index is 13.4. The Morgan fingerprint density at radius 1 is 1.08 bits per heavy atom. The summed E-state index contributed by atoms with van der Waals surface area (Å²) >= 11 is 0. The number of rotatable bonds is 2. The zero-order valence-corrected chi connectivity index (χ0v) is 20.9. The number of pyridine rings is 1. The van der Waals surface area contributed by atoms with Gasteiger partial charge in [0.05, 0.1) is 35.4 Å². The number of hydrogen-bond acceptors (Lipinski definition) is 5. The third-order valence-electron chi connectivity index (χ3n) is 7.86. The molecule has 1 atom stereocenters. The van der Waals surface area contributed by atoms with Crippen LogP contribution < -0.4 is 16.0 Å². The number of ether oxygens (including phenoxy) is 1. The van der Waals surface area contributed by atoms with Crippen molar-refractivity contribution in [2.75, 3.05) is 0 Å². The van der Waals surface area contributed by atoms with E-state index in [0.29, 0.717) is 11.3 Å². The van der Waals surface area contributed by atoms with E-state index in [2.05, 4.69) is 17.1 Å². The zero-order chi connectivity index (χ0) is 26.0. The first-order valence-corrected chi connectivity index (χ1v) is 12.7. The van der Waals surface area contributed by atoms with Gasteiger partial charge in [-0.25, -0.2) is 4.98 Å². The first kappa shape index (κ1) is 22.5. The largest absolute Gasteiger partial charge is 0.489 e. The third-order valence-corrected chi connectivity index (χ3v) is 7.86. The molecule has 2 aromatic heterocycles. The van der Waals surface area contributed by atoms with Gasteiger partial charge in [0.15, 0.2) is 0 Å². The number of aryl methyl sites for hydroxylation is 1. The summed E-state index contributed by atoms with van der Waals surface area (Å²) in [7, 11) is 1.92. The molecule has 7 nitrogen and oxygen atoms in total. The second kappa shape index (κ2) is 8.17. The van der Waals surface area contributed by atoms with Crippen molar-refractivity contribution in [3.05, 3.63) is 118 Å². The molecule has 0 amide bonds. The second-order valence-corrected chi connectivity index (χ2v) is 10.2. The lowest BCUT2D eigenvalue weighted by atomic mass is 9.79. The molecule has 1 saturated carbocycles. The van der Waals surface area contributed by atoms with Gasteiger partial charge in [-0.15, -0.1) is 0 Å². The van der Waals surface area contributed by atoms with Crippen LogP contribution in [0.1, 0.15) is 46.8 Å². The van der Waals surface area contributed by atoms with Crippen LogP contribution in [0, 0.1) is 11.3 Å². The van der Waals surface area contributed by atoms with Crippen LogP contribution in [0.4, 0.5) is 0 Å². The van der Waals surface area contributed by atoms with Crippen LogP contribution in [0.15, 0.2) is 84.0 Å². The molecule has 3 aromatic carbocycles. The van der Waals surface area contributed by atoms with Crippen molar-refractivity contribution in [1.29, 1.82) is 5.26 Å². The minimum absolute atomic E-state index is 0.00523. The van der Waals surface area contributed by atoms with Crippen LogP contribution in [-0.4, -0.2) is 14.1 Å². The van der Waals surface area contributed by atoms with Gasteiger partial charge in [0, 0.05) is 30.1 Å². The molecule has 0 radical (unpaired) electrons. The number of hydrogen-bond donors (Lipinski definition) is 1. The SMILES string of the molecule is Cn1cncc1[C@]1(N)c2ccc(C#N)c(c2)COc2cccc(c2)-c2cc(=O)n(C3CC3)c3ccc1cc23. The fourth-order valence-electron chi connectivity index (χ4n) is 5.73. The Kier molecular flexibility index (Phi) is 4.84. The lowest BCUT2D eigenvalue weighted by Crippen LogP contribution is -2.41. The highest BCUT2D eigenvalue weighted by atomic mass is 16.5. The Bertz CT molecular complexity index is 1860. The number of nitrogens with zero attached hydrogens (tertiary/aromatic N) is 4. The summed E-state index contributed by atoms with van der Waals surface area (Å²) < 4.78 is 10.0. The van der Waals surface area contributed by atoms with Crippen LogP contribution in [0.25, 0.3) is 22.0 Å². The maximum absolute atomic E-state index is 13.4. The molecule has 7 rings (SSSR count). The van der Waals surface area contributed by atoms with Crippen LogP contribution in [0.5, 0.6) is 5.75 Å². The molecule has 2 aliphatic rings. The van der Waals surface area contributed by atoms with Gasteiger partial charge in [-0.2, -0.15) is 5.26 Å². The van der Waals surface area contributed by atoms with E-state index in [1.165, 1.54) is 0 Å². The van der Waals surface area contributed by atoms with Crippen molar-refractivity contribution in [3.8, 4) is 22.9 Å². The molecule has 0 saturated heterocycles. The fourth-order valence-corrected chi connectivity index (χ4v) is 5.73. The van der Waals surface area contributed by atoms with Crippen molar-refractivity contribution >= 4 is 10.9 Å². The Morgan fingerprint density at radius 3 is 2.66 bits per heavy atom. The molecule has 38 heavy (non-hydrogen) atoms.